The lowest BCUT2D eigenvalue weighted by Gasteiger charge is -2.46. The Bertz CT molecular complexity index is 468. The van der Waals surface area contributed by atoms with Gasteiger partial charge in [0.15, 0.2) is 0 Å². The van der Waals surface area contributed by atoms with Crippen molar-refractivity contribution in [3.8, 4) is 0 Å². The van der Waals surface area contributed by atoms with E-state index in [1.54, 1.807) is 0 Å². The van der Waals surface area contributed by atoms with E-state index in [1.165, 1.54) is 37.5 Å². The normalized spacial score (nSPS) is 18.7. The Morgan fingerprint density at radius 3 is 2.48 bits per heavy atom. The highest BCUT2D eigenvalue weighted by atomic mass is 19.1. The van der Waals surface area contributed by atoms with Gasteiger partial charge in [0.2, 0.25) is 0 Å². The smallest absolute Gasteiger partial charge is 0.126 e. The molecule has 0 aromatic heterocycles. The fourth-order valence-electron chi connectivity index (χ4n) is 3.32. The third-order valence-electron chi connectivity index (χ3n) is 4.80. The highest BCUT2D eigenvalue weighted by molar-refractivity contribution is 5.21. The highest BCUT2D eigenvalue weighted by Crippen LogP contribution is 2.26. The van der Waals surface area contributed by atoms with Gasteiger partial charge in [-0.15, -0.1) is 0 Å². The minimum absolute atomic E-state index is 0.0758. The molecular weight excluding hydrogens is 270 g/mol. The number of nitrogens with zero attached hydrogens (tertiary/aromatic N) is 1. The second-order valence-electron chi connectivity index (χ2n) is 6.48. The first-order valence-corrected chi connectivity index (χ1v) is 7.81. The van der Waals surface area contributed by atoms with Crippen LogP contribution in [0, 0.1) is 11.6 Å². The van der Waals surface area contributed by atoms with Crippen LogP contribution in [0.4, 0.5) is 8.78 Å². The van der Waals surface area contributed by atoms with Crippen LogP contribution in [0.1, 0.15) is 38.7 Å². The molecule has 0 aliphatic carbocycles. The summed E-state index contributed by atoms with van der Waals surface area (Å²) in [6.07, 6.45) is 4.21. The van der Waals surface area contributed by atoms with Gasteiger partial charge < -0.3 is 5.32 Å². The van der Waals surface area contributed by atoms with E-state index in [9.17, 15) is 8.78 Å². The zero-order chi connectivity index (χ0) is 15.5. The average Bonchev–Trinajstić information content (AvgIpc) is 2.48. The Kier molecular flexibility index (Phi) is 5.33. The summed E-state index contributed by atoms with van der Waals surface area (Å²) in [5.41, 5.74) is 0.355. The van der Waals surface area contributed by atoms with Gasteiger partial charge in [-0.05, 0) is 77.0 Å². The molecule has 0 amide bonds. The average molecular weight is 296 g/mol. The molecule has 1 N–H and O–H groups in total. The van der Waals surface area contributed by atoms with Gasteiger partial charge in [0.25, 0.3) is 0 Å². The number of piperidine rings is 1. The number of hydrogen-bond acceptors (Lipinski definition) is 2. The second-order valence-corrected chi connectivity index (χ2v) is 6.48. The van der Waals surface area contributed by atoms with Crippen molar-refractivity contribution in [1.29, 1.82) is 0 Å². The number of rotatable bonds is 5. The van der Waals surface area contributed by atoms with Gasteiger partial charge in [-0.1, -0.05) is 6.42 Å². The number of benzene rings is 1. The van der Waals surface area contributed by atoms with E-state index in [-0.39, 0.29) is 23.2 Å². The monoisotopic (exact) mass is 296 g/mol. The quantitative estimate of drug-likeness (QED) is 0.896. The van der Waals surface area contributed by atoms with Crippen LogP contribution < -0.4 is 5.32 Å². The van der Waals surface area contributed by atoms with E-state index < -0.39 is 0 Å². The number of likely N-dealkylation sites (N-methyl/N-ethyl adjacent to an activating group) is 1. The van der Waals surface area contributed by atoms with E-state index in [4.69, 9.17) is 0 Å². The molecule has 1 aliphatic rings. The minimum atomic E-state index is -0.378. The van der Waals surface area contributed by atoms with Crippen LogP contribution in [0.25, 0.3) is 0 Å². The predicted molar refractivity (Wildman–Crippen MR) is 82.4 cm³/mol. The van der Waals surface area contributed by atoms with Crippen LogP contribution in [-0.2, 0) is 6.42 Å². The van der Waals surface area contributed by atoms with Crippen LogP contribution in [-0.4, -0.2) is 36.6 Å². The summed E-state index contributed by atoms with van der Waals surface area (Å²) in [4.78, 5) is 2.47. The Morgan fingerprint density at radius 1 is 1.19 bits per heavy atom. The van der Waals surface area contributed by atoms with E-state index in [1.807, 2.05) is 7.05 Å². The zero-order valence-corrected chi connectivity index (χ0v) is 13.3. The second kappa shape index (κ2) is 6.84. The first-order valence-electron chi connectivity index (χ1n) is 7.81. The van der Waals surface area contributed by atoms with Gasteiger partial charge >= 0.3 is 0 Å². The van der Waals surface area contributed by atoms with Gasteiger partial charge in [-0.25, -0.2) is 8.78 Å². The maximum Gasteiger partial charge on any atom is 0.126 e. The molecule has 1 fully saturated rings. The molecule has 1 aromatic rings. The molecule has 1 atom stereocenters. The molecule has 1 unspecified atom stereocenters. The van der Waals surface area contributed by atoms with Gasteiger partial charge in [0.1, 0.15) is 11.6 Å². The molecular formula is C17H26F2N2. The zero-order valence-electron chi connectivity index (χ0n) is 13.3. The maximum absolute atomic E-state index is 13.9. The van der Waals surface area contributed by atoms with Crippen molar-refractivity contribution in [2.75, 3.05) is 20.1 Å². The third-order valence-corrected chi connectivity index (χ3v) is 4.80. The standard InChI is InChI=1S/C17H26F2N2/c1-17(2,21-9-5-4-6-10-21)16(20-3)12-13-11-14(18)7-8-15(13)19/h7-8,11,16,20H,4-6,9-10,12H2,1-3H3. The number of nitrogens with one attached hydrogen (secondary N) is 1. The molecule has 0 radical (unpaired) electrons. The van der Waals surface area contributed by atoms with Gasteiger partial charge in [0, 0.05) is 11.6 Å². The molecule has 2 nitrogen and oxygen atoms in total. The summed E-state index contributed by atoms with van der Waals surface area (Å²) in [7, 11) is 1.90. The number of likely N-dealkylation sites (tertiary alicyclic amines) is 1. The van der Waals surface area contributed by atoms with Crippen molar-refractivity contribution in [2.45, 2.75) is 51.1 Å². The van der Waals surface area contributed by atoms with Gasteiger partial charge in [0.05, 0.1) is 0 Å². The van der Waals surface area contributed by atoms with Crippen LogP contribution in [0.3, 0.4) is 0 Å². The third kappa shape index (κ3) is 3.80. The Balaban J connectivity index is 2.16. The Hall–Kier alpha value is -1.00. The maximum atomic E-state index is 13.9. The summed E-state index contributed by atoms with van der Waals surface area (Å²) < 4.78 is 27.2. The summed E-state index contributed by atoms with van der Waals surface area (Å²) in [5.74, 6) is -0.705. The lowest BCUT2D eigenvalue weighted by atomic mass is 9.86. The van der Waals surface area contributed by atoms with E-state index >= 15 is 0 Å². The van der Waals surface area contributed by atoms with Crippen LogP contribution in [0.5, 0.6) is 0 Å². The van der Waals surface area contributed by atoms with Crippen molar-refractivity contribution in [1.82, 2.24) is 10.2 Å². The lowest BCUT2D eigenvalue weighted by Crippen LogP contribution is -2.59. The largest absolute Gasteiger partial charge is 0.315 e. The summed E-state index contributed by atoms with van der Waals surface area (Å²) >= 11 is 0. The van der Waals surface area contributed by atoms with Crippen LogP contribution >= 0.6 is 0 Å². The minimum Gasteiger partial charge on any atom is -0.315 e. The van der Waals surface area contributed by atoms with E-state index in [0.717, 1.165) is 13.1 Å². The van der Waals surface area contributed by atoms with E-state index in [0.29, 0.717) is 12.0 Å². The van der Waals surface area contributed by atoms with Crippen molar-refractivity contribution < 1.29 is 8.78 Å². The molecule has 0 bridgehead atoms. The number of halogens is 2. The van der Waals surface area contributed by atoms with Gasteiger partial charge in [-0.3, -0.25) is 4.90 Å². The molecule has 1 heterocycles. The topological polar surface area (TPSA) is 15.3 Å². The van der Waals surface area contributed by atoms with Crippen molar-refractivity contribution in [3.05, 3.63) is 35.4 Å². The van der Waals surface area contributed by atoms with Crippen molar-refractivity contribution >= 4 is 0 Å². The lowest BCUT2D eigenvalue weighted by molar-refractivity contribution is 0.0633. The Morgan fingerprint density at radius 2 is 1.86 bits per heavy atom. The van der Waals surface area contributed by atoms with Crippen molar-refractivity contribution in [3.63, 3.8) is 0 Å². The molecule has 4 heteroatoms. The SMILES string of the molecule is CNC(Cc1cc(F)ccc1F)C(C)(C)N1CCCCC1. The van der Waals surface area contributed by atoms with Crippen LogP contribution in [0.2, 0.25) is 0 Å². The molecule has 0 spiro atoms. The summed E-state index contributed by atoms with van der Waals surface area (Å²) in [5, 5.41) is 3.30. The molecule has 1 aromatic carbocycles. The van der Waals surface area contributed by atoms with Crippen LogP contribution in [0.15, 0.2) is 18.2 Å². The first-order chi connectivity index (χ1) is 9.95. The summed E-state index contributed by atoms with van der Waals surface area (Å²) in [6.45, 7) is 6.54. The molecule has 2 rings (SSSR count). The molecule has 21 heavy (non-hydrogen) atoms. The number of hydrogen-bond donors (Lipinski definition) is 1. The first kappa shape index (κ1) is 16.4. The van der Waals surface area contributed by atoms with Crippen molar-refractivity contribution in [2.24, 2.45) is 0 Å². The molecule has 1 aliphatic heterocycles. The molecule has 1 saturated heterocycles. The summed E-state index contributed by atoms with van der Waals surface area (Å²) in [6, 6.07) is 3.77. The van der Waals surface area contributed by atoms with Gasteiger partial charge in [-0.2, -0.15) is 0 Å². The fraction of sp³-hybridized carbons (Fsp3) is 0.647. The molecule has 0 saturated carbocycles. The molecule has 118 valence electrons. The predicted octanol–water partition coefficient (Wildman–Crippen LogP) is 3.36. The van der Waals surface area contributed by atoms with E-state index in [2.05, 4.69) is 24.1 Å². The fourth-order valence-corrected chi connectivity index (χ4v) is 3.32. The Labute approximate surface area is 126 Å². The highest BCUT2D eigenvalue weighted by Gasteiger charge is 2.35.